The van der Waals surface area contributed by atoms with Gasteiger partial charge in [0.05, 0.1) is 5.39 Å². The first-order valence-electron chi connectivity index (χ1n) is 7.57. The minimum absolute atomic E-state index is 0.341. The number of anilines is 1. The first-order chi connectivity index (χ1) is 11.2. The minimum atomic E-state index is -1.21. The third kappa shape index (κ3) is 2.39. The van der Waals surface area contributed by atoms with Crippen LogP contribution in [0.25, 0.3) is 10.2 Å². The van der Waals surface area contributed by atoms with Crippen molar-refractivity contribution in [3.63, 3.8) is 0 Å². The lowest BCUT2D eigenvalue weighted by Gasteiger charge is -2.43. The number of thiophene rings is 1. The first-order valence-corrected chi connectivity index (χ1v) is 8.45. The highest BCUT2D eigenvalue weighted by molar-refractivity contribution is 7.16. The van der Waals surface area contributed by atoms with E-state index < -0.39 is 11.7 Å². The molecule has 6 heteroatoms. The zero-order valence-electron chi connectivity index (χ0n) is 12.5. The quantitative estimate of drug-likeness (QED) is 0.755. The zero-order chi connectivity index (χ0) is 15.9. The van der Waals surface area contributed by atoms with Gasteiger partial charge in [-0.3, -0.25) is 0 Å². The number of nitrogens with zero attached hydrogens (tertiary/aromatic N) is 3. The second-order valence-corrected chi connectivity index (χ2v) is 6.73. The maximum atomic E-state index is 10.9. The molecule has 3 aromatic rings. The molecule has 1 aromatic carbocycles. The van der Waals surface area contributed by atoms with E-state index in [0.29, 0.717) is 19.5 Å². The standard InChI is InChI=1S/C17H17N3O2S/c21-14-10-20(15-13-6-9-23-16(13)19-11-18-15)8-7-17(14,22)12-4-2-1-3-5-12/h1-6,9,11,14,21-22H,7-8,10H2/t14-,17-/m0/s1. The number of aliphatic hydroxyl groups excluding tert-OH is 1. The van der Waals surface area contributed by atoms with Crippen LogP contribution in [0, 0.1) is 0 Å². The number of β-amino-alcohol motifs (C(OH)–C–C–N with tert-alkyl or cyclic N) is 1. The Balaban J connectivity index is 1.64. The Bertz CT molecular complexity index is 823. The fraction of sp³-hybridized carbons (Fsp3) is 0.294. The van der Waals surface area contributed by atoms with Crippen LogP contribution in [-0.4, -0.2) is 39.4 Å². The monoisotopic (exact) mass is 327 g/mol. The van der Waals surface area contributed by atoms with Crippen LogP contribution in [0.4, 0.5) is 5.82 Å². The molecule has 2 N–H and O–H groups in total. The fourth-order valence-electron chi connectivity index (χ4n) is 3.21. The van der Waals surface area contributed by atoms with E-state index in [4.69, 9.17) is 0 Å². The lowest BCUT2D eigenvalue weighted by atomic mass is 9.82. The van der Waals surface area contributed by atoms with Gasteiger partial charge in [-0.1, -0.05) is 30.3 Å². The number of benzene rings is 1. The molecule has 2 atom stereocenters. The summed E-state index contributed by atoms with van der Waals surface area (Å²) in [5.74, 6) is 0.824. The van der Waals surface area contributed by atoms with E-state index in [-0.39, 0.29) is 0 Å². The van der Waals surface area contributed by atoms with E-state index in [9.17, 15) is 10.2 Å². The molecule has 0 amide bonds. The SMILES string of the molecule is O[C@H]1CN(c2ncnc3sccc23)CC[C@]1(O)c1ccccc1. The number of fused-ring (bicyclic) bond motifs is 1. The summed E-state index contributed by atoms with van der Waals surface area (Å²) in [5.41, 5.74) is -0.450. The molecule has 1 fully saturated rings. The second-order valence-electron chi connectivity index (χ2n) is 5.84. The molecule has 2 aromatic heterocycles. The van der Waals surface area contributed by atoms with Crippen LogP contribution in [0.5, 0.6) is 0 Å². The molecule has 1 saturated heterocycles. The Morgan fingerprint density at radius 1 is 1.17 bits per heavy atom. The normalized spacial score (nSPS) is 25.0. The van der Waals surface area contributed by atoms with Crippen molar-refractivity contribution >= 4 is 27.4 Å². The minimum Gasteiger partial charge on any atom is -0.388 e. The van der Waals surface area contributed by atoms with Crippen LogP contribution in [0.15, 0.2) is 48.1 Å². The Kier molecular flexibility index (Phi) is 3.52. The van der Waals surface area contributed by atoms with Gasteiger partial charge in [-0.25, -0.2) is 9.97 Å². The predicted molar refractivity (Wildman–Crippen MR) is 90.6 cm³/mol. The van der Waals surface area contributed by atoms with Gasteiger partial charge in [0.1, 0.15) is 28.7 Å². The number of piperidine rings is 1. The highest BCUT2D eigenvalue weighted by Gasteiger charge is 2.42. The van der Waals surface area contributed by atoms with Crippen LogP contribution in [0.3, 0.4) is 0 Å². The van der Waals surface area contributed by atoms with Gasteiger partial charge in [-0.2, -0.15) is 0 Å². The molecule has 0 spiro atoms. The molecule has 4 rings (SSSR count). The van der Waals surface area contributed by atoms with Gasteiger partial charge in [-0.05, 0) is 17.0 Å². The van der Waals surface area contributed by atoms with Crippen LogP contribution in [-0.2, 0) is 5.60 Å². The lowest BCUT2D eigenvalue weighted by molar-refractivity contribution is -0.0917. The Morgan fingerprint density at radius 2 is 2.00 bits per heavy atom. The summed E-state index contributed by atoms with van der Waals surface area (Å²) in [7, 11) is 0. The average Bonchev–Trinajstić information content (AvgIpc) is 3.07. The molecular formula is C17H17N3O2S. The predicted octanol–water partition coefficient (Wildman–Crippen LogP) is 2.15. The second kappa shape index (κ2) is 5.56. The maximum Gasteiger partial charge on any atom is 0.140 e. The Labute approximate surface area is 137 Å². The summed E-state index contributed by atoms with van der Waals surface area (Å²) in [6.07, 6.45) is 1.13. The number of aliphatic hydroxyl groups is 2. The van der Waals surface area contributed by atoms with Crippen molar-refractivity contribution in [2.75, 3.05) is 18.0 Å². The van der Waals surface area contributed by atoms with E-state index in [0.717, 1.165) is 21.6 Å². The molecule has 118 valence electrons. The van der Waals surface area contributed by atoms with Gasteiger partial charge in [-0.15, -0.1) is 11.3 Å². The third-order valence-corrected chi connectivity index (χ3v) is 5.34. The number of aromatic nitrogens is 2. The molecule has 0 bridgehead atoms. The molecule has 3 heterocycles. The molecule has 1 aliphatic heterocycles. The summed E-state index contributed by atoms with van der Waals surface area (Å²) < 4.78 is 0. The number of rotatable bonds is 2. The molecule has 23 heavy (non-hydrogen) atoms. The Hall–Kier alpha value is -2.02. The van der Waals surface area contributed by atoms with Gasteiger partial charge in [0.2, 0.25) is 0 Å². The number of hydrogen-bond acceptors (Lipinski definition) is 6. The van der Waals surface area contributed by atoms with E-state index in [1.807, 2.05) is 46.7 Å². The van der Waals surface area contributed by atoms with Crippen molar-refractivity contribution in [2.45, 2.75) is 18.1 Å². The molecule has 0 radical (unpaired) electrons. The number of hydrogen-bond donors (Lipinski definition) is 2. The lowest BCUT2D eigenvalue weighted by Crippen LogP contribution is -2.53. The van der Waals surface area contributed by atoms with Crippen LogP contribution < -0.4 is 4.90 Å². The van der Waals surface area contributed by atoms with Gasteiger partial charge in [0.15, 0.2) is 0 Å². The molecule has 5 nitrogen and oxygen atoms in total. The van der Waals surface area contributed by atoms with Crippen molar-refractivity contribution in [2.24, 2.45) is 0 Å². The van der Waals surface area contributed by atoms with Crippen LogP contribution in [0.1, 0.15) is 12.0 Å². The van der Waals surface area contributed by atoms with Gasteiger partial charge in [0, 0.05) is 19.5 Å². The van der Waals surface area contributed by atoms with Crippen molar-refractivity contribution in [1.29, 1.82) is 0 Å². The van der Waals surface area contributed by atoms with E-state index in [1.165, 1.54) is 0 Å². The van der Waals surface area contributed by atoms with Crippen molar-refractivity contribution in [3.8, 4) is 0 Å². The van der Waals surface area contributed by atoms with E-state index in [1.54, 1.807) is 17.7 Å². The van der Waals surface area contributed by atoms with Crippen molar-refractivity contribution in [1.82, 2.24) is 9.97 Å². The summed E-state index contributed by atoms with van der Waals surface area (Å²) in [6, 6.07) is 11.4. The topological polar surface area (TPSA) is 69.5 Å². The van der Waals surface area contributed by atoms with E-state index in [2.05, 4.69) is 9.97 Å². The largest absolute Gasteiger partial charge is 0.388 e. The van der Waals surface area contributed by atoms with Crippen LogP contribution in [0.2, 0.25) is 0 Å². The maximum absolute atomic E-state index is 10.9. The van der Waals surface area contributed by atoms with Gasteiger partial charge in [0.25, 0.3) is 0 Å². The molecule has 1 aliphatic rings. The fourth-order valence-corrected chi connectivity index (χ4v) is 3.94. The summed E-state index contributed by atoms with van der Waals surface area (Å²) >= 11 is 1.57. The molecule has 0 saturated carbocycles. The molecule has 0 unspecified atom stereocenters. The summed E-state index contributed by atoms with van der Waals surface area (Å²) in [4.78, 5) is 11.6. The highest BCUT2D eigenvalue weighted by Crippen LogP contribution is 2.36. The van der Waals surface area contributed by atoms with Gasteiger partial charge >= 0.3 is 0 Å². The summed E-state index contributed by atoms with van der Waals surface area (Å²) in [5, 5.41) is 24.5. The third-order valence-electron chi connectivity index (χ3n) is 4.52. The van der Waals surface area contributed by atoms with Crippen molar-refractivity contribution in [3.05, 3.63) is 53.7 Å². The van der Waals surface area contributed by atoms with Crippen LogP contribution >= 0.6 is 11.3 Å². The highest BCUT2D eigenvalue weighted by atomic mass is 32.1. The van der Waals surface area contributed by atoms with Crippen molar-refractivity contribution < 1.29 is 10.2 Å². The smallest absolute Gasteiger partial charge is 0.140 e. The molecule has 0 aliphatic carbocycles. The Morgan fingerprint density at radius 3 is 2.78 bits per heavy atom. The zero-order valence-corrected chi connectivity index (χ0v) is 13.3. The summed E-state index contributed by atoms with van der Waals surface area (Å²) in [6.45, 7) is 0.970. The molecular weight excluding hydrogens is 310 g/mol. The average molecular weight is 327 g/mol. The van der Waals surface area contributed by atoms with E-state index >= 15 is 0 Å². The van der Waals surface area contributed by atoms with Gasteiger partial charge < -0.3 is 15.1 Å². The first kappa shape index (κ1) is 14.6.